The number of amides is 1. The number of carbonyl (C=O) groups is 2. The maximum absolute atomic E-state index is 11.5. The van der Waals surface area contributed by atoms with E-state index < -0.39 is 12.0 Å². The van der Waals surface area contributed by atoms with Gasteiger partial charge in [0.25, 0.3) is 0 Å². The first-order valence-electron chi connectivity index (χ1n) is 5.72. The molecular formula is C11H18N4O3. The zero-order valence-corrected chi connectivity index (χ0v) is 10.3. The molecule has 0 fully saturated rings. The van der Waals surface area contributed by atoms with Crippen molar-refractivity contribution in [1.82, 2.24) is 15.1 Å². The lowest BCUT2D eigenvalue weighted by atomic mass is 10.1. The van der Waals surface area contributed by atoms with Crippen molar-refractivity contribution in [2.75, 3.05) is 6.54 Å². The number of rotatable bonds is 7. The van der Waals surface area contributed by atoms with E-state index in [1.165, 1.54) is 0 Å². The molecule has 7 nitrogen and oxygen atoms in total. The molecule has 1 heterocycles. The van der Waals surface area contributed by atoms with Crippen LogP contribution in [0.5, 0.6) is 0 Å². The summed E-state index contributed by atoms with van der Waals surface area (Å²) in [6.45, 7) is 0.441. The summed E-state index contributed by atoms with van der Waals surface area (Å²) in [6.07, 6.45) is 2.49. The molecule has 1 amide bonds. The molecular weight excluding hydrogens is 236 g/mol. The van der Waals surface area contributed by atoms with Gasteiger partial charge >= 0.3 is 5.97 Å². The molecule has 0 aliphatic rings. The van der Waals surface area contributed by atoms with Gasteiger partial charge in [0.2, 0.25) is 5.91 Å². The lowest BCUT2D eigenvalue weighted by molar-refractivity contribution is -0.137. The smallest absolute Gasteiger partial charge is 0.303 e. The third kappa shape index (κ3) is 4.96. The summed E-state index contributed by atoms with van der Waals surface area (Å²) in [5.41, 5.74) is 6.44. The van der Waals surface area contributed by atoms with Gasteiger partial charge in [0, 0.05) is 32.6 Å². The van der Waals surface area contributed by atoms with Crippen LogP contribution in [-0.4, -0.2) is 39.4 Å². The summed E-state index contributed by atoms with van der Waals surface area (Å²) in [4.78, 5) is 21.8. The number of carboxylic acid groups (broad SMARTS) is 1. The quantitative estimate of drug-likeness (QED) is 0.594. The molecule has 0 saturated carbocycles. The highest BCUT2D eigenvalue weighted by Crippen LogP contribution is 1.96. The van der Waals surface area contributed by atoms with Crippen molar-refractivity contribution in [3.8, 4) is 0 Å². The van der Waals surface area contributed by atoms with Crippen molar-refractivity contribution in [2.24, 2.45) is 12.8 Å². The number of carboxylic acids is 1. The van der Waals surface area contributed by atoms with Crippen molar-refractivity contribution < 1.29 is 14.7 Å². The number of aryl methyl sites for hydroxylation is 1. The van der Waals surface area contributed by atoms with E-state index in [1.54, 1.807) is 4.68 Å². The molecule has 1 aromatic rings. The molecule has 4 N–H and O–H groups in total. The van der Waals surface area contributed by atoms with Crippen LogP contribution in [0.1, 0.15) is 18.5 Å². The summed E-state index contributed by atoms with van der Waals surface area (Å²) < 4.78 is 1.69. The molecule has 0 aliphatic heterocycles. The van der Waals surface area contributed by atoms with Gasteiger partial charge in [-0.05, 0) is 12.5 Å². The van der Waals surface area contributed by atoms with Gasteiger partial charge in [-0.1, -0.05) is 0 Å². The third-order valence-electron chi connectivity index (χ3n) is 2.46. The standard InChI is InChI=1S/C11H18N4O3/c1-15-7-5-8(14-15)4-6-13-11(18)9(12)2-3-10(16)17/h5,7,9H,2-4,6,12H2,1H3,(H,13,18)(H,16,17). The van der Waals surface area contributed by atoms with Crippen LogP contribution in [0.3, 0.4) is 0 Å². The first-order chi connectivity index (χ1) is 8.49. The SMILES string of the molecule is Cn1ccc(CCNC(=O)C(N)CCC(=O)O)n1. The largest absolute Gasteiger partial charge is 0.481 e. The Balaban J connectivity index is 2.22. The van der Waals surface area contributed by atoms with E-state index in [9.17, 15) is 9.59 Å². The zero-order valence-electron chi connectivity index (χ0n) is 10.3. The Morgan fingerprint density at radius 2 is 2.33 bits per heavy atom. The van der Waals surface area contributed by atoms with Crippen LogP contribution >= 0.6 is 0 Å². The molecule has 0 aliphatic carbocycles. The van der Waals surface area contributed by atoms with Gasteiger partial charge in [0.15, 0.2) is 0 Å². The molecule has 1 aromatic heterocycles. The molecule has 18 heavy (non-hydrogen) atoms. The number of hydrogen-bond donors (Lipinski definition) is 3. The van der Waals surface area contributed by atoms with Gasteiger partial charge in [0.05, 0.1) is 11.7 Å². The number of hydrogen-bond acceptors (Lipinski definition) is 4. The lowest BCUT2D eigenvalue weighted by Gasteiger charge is -2.10. The fourth-order valence-electron chi connectivity index (χ4n) is 1.45. The Bertz CT molecular complexity index is 416. The minimum absolute atomic E-state index is 0.102. The molecule has 0 saturated heterocycles. The van der Waals surface area contributed by atoms with Crippen LogP contribution < -0.4 is 11.1 Å². The summed E-state index contributed by atoms with van der Waals surface area (Å²) >= 11 is 0. The molecule has 1 atom stereocenters. The average Bonchev–Trinajstić information content (AvgIpc) is 2.71. The first-order valence-corrected chi connectivity index (χ1v) is 5.72. The van der Waals surface area contributed by atoms with E-state index in [0.717, 1.165) is 5.69 Å². The highest BCUT2D eigenvalue weighted by atomic mass is 16.4. The van der Waals surface area contributed by atoms with E-state index >= 15 is 0 Å². The number of aliphatic carboxylic acids is 1. The average molecular weight is 254 g/mol. The Kier molecular flexibility index (Phi) is 5.31. The second-order valence-corrected chi connectivity index (χ2v) is 4.06. The van der Waals surface area contributed by atoms with Gasteiger partial charge in [0.1, 0.15) is 0 Å². The van der Waals surface area contributed by atoms with Gasteiger partial charge in [-0.15, -0.1) is 0 Å². The van der Waals surface area contributed by atoms with Crippen LogP contribution in [0.25, 0.3) is 0 Å². The van der Waals surface area contributed by atoms with E-state index in [2.05, 4.69) is 10.4 Å². The van der Waals surface area contributed by atoms with Crippen molar-refractivity contribution in [1.29, 1.82) is 0 Å². The molecule has 7 heteroatoms. The summed E-state index contributed by atoms with van der Waals surface area (Å²) in [5.74, 6) is -1.28. The minimum Gasteiger partial charge on any atom is -0.481 e. The van der Waals surface area contributed by atoms with Crippen molar-refractivity contribution in [3.63, 3.8) is 0 Å². The van der Waals surface area contributed by atoms with Crippen molar-refractivity contribution in [3.05, 3.63) is 18.0 Å². The van der Waals surface area contributed by atoms with Crippen LogP contribution in [0.4, 0.5) is 0 Å². The fourth-order valence-corrected chi connectivity index (χ4v) is 1.45. The second kappa shape index (κ2) is 6.75. The van der Waals surface area contributed by atoms with Crippen LogP contribution in [0.15, 0.2) is 12.3 Å². The fraction of sp³-hybridized carbons (Fsp3) is 0.545. The highest BCUT2D eigenvalue weighted by Gasteiger charge is 2.14. The monoisotopic (exact) mass is 254 g/mol. The van der Waals surface area contributed by atoms with Crippen LogP contribution in [-0.2, 0) is 23.1 Å². The van der Waals surface area contributed by atoms with E-state index in [1.807, 2.05) is 19.3 Å². The van der Waals surface area contributed by atoms with Gasteiger partial charge < -0.3 is 16.2 Å². The predicted molar refractivity (Wildman–Crippen MR) is 64.8 cm³/mol. The number of nitrogens with two attached hydrogens (primary N) is 1. The van der Waals surface area contributed by atoms with Crippen molar-refractivity contribution in [2.45, 2.75) is 25.3 Å². The molecule has 0 spiro atoms. The Morgan fingerprint density at radius 3 is 2.89 bits per heavy atom. The highest BCUT2D eigenvalue weighted by molar-refractivity contribution is 5.82. The summed E-state index contributed by atoms with van der Waals surface area (Å²) in [5, 5.41) is 15.3. The Hall–Kier alpha value is -1.89. The van der Waals surface area contributed by atoms with Gasteiger partial charge in [-0.2, -0.15) is 5.10 Å². The molecule has 0 radical (unpaired) electrons. The third-order valence-corrected chi connectivity index (χ3v) is 2.46. The topological polar surface area (TPSA) is 110 Å². The van der Waals surface area contributed by atoms with Gasteiger partial charge in [-0.3, -0.25) is 14.3 Å². The molecule has 100 valence electrons. The second-order valence-electron chi connectivity index (χ2n) is 4.06. The van der Waals surface area contributed by atoms with E-state index in [-0.39, 0.29) is 18.7 Å². The molecule has 0 bridgehead atoms. The normalized spacial score (nSPS) is 12.1. The summed E-state index contributed by atoms with van der Waals surface area (Å²) in [6, 6.07) is 1.10. The van der Waals surface area contributed by atoms with Crippen LogP contribution in [0.2, 0.25) is 0 Å². The Labute approximate surface area is 105 Å². The maximum atomic E-state index is 11.5. The zero-order chi connectivity index (χ0) is 13.5. The van der Waals surface area contributed by atoms with E-state index in [4.69, 9.17) is 10.8 Å². The maximum Gasteiger partial charge on any atom is 0.303 e. The van der Waals surface area contributed by atoms with Crippen molar-refractivity contribution >= 4 is 11.9 Å². The molecule has 1 unspecified atom stereocenters. The number of nitrogens with one attached hydrogen (secondary N) is 1. The van der Waals surface area contributed by atoms with Gasteiger partial charge in [-0.25, -0.2) is 0 Å². The first kappa shape index (κ1) is 14.2. The number of nitrogens with zero attached hydrogens (tertiary/aromatic N) is 2. The number of carbonyl (C=O) groups excluding carboxylic acids is 1. The summed E-state index contributed by atoms with van der Waals surface area (Å²) in [7, 11) is 1.82. The lowest BCUT2D eigenvalue weighted by Crippen LogP contribution is -2.41. The van der Waals surface area contributed by atoms with Crippen LogP contribution in [0, 0.1) is 0 Å². The molecule has 1 rings (SSSR count). The predicted octanol–water partition coefficient (Wildman–Crippen LogP) is -0.729. The number of aromatic nitrogens is 2. The minimum atomic E-state index is -0.952. The Morgan fingerprint density at radius 1 is 1.61 bits per heavy atom. The van der Waals surface area contributed by atoms with E-state index in [0.29, 0.717) is 13.0 Å². The molecule has 0 aromatic carbocycles.